The summed E-state index contributed by atoms with van der Waals surface area (Å²) in [6.45, 7) is 0. The van der Waals surface area contributed by atoms with Crippen molar-refractivity contribution in [3.05, 3.63) is 39.9 Å². The van der Waals surface area contributed by atoms with Crippen molar-refractivity contribution in [2.45, 2.75) is 32.1 Å². The van der Waals surface area contributed by atoms with E-state index in [0.29, 0.717) is 11.8 Å². The lowest BCUT2D eigenvalue weighted by atomic mass is 9.90. The minimum absolute atomic E-state index is 0.0289. The monoisotopic (exact) mass is 279 g/mol. The number of carbonyl (C=O) groups is 2. The van der Waals surface area contributed by atoms with E-state index in [-0.39, 0.29) is 11.6 Å². The molecule has 108 valence electrons. The number of rotatable bonds is 3. The van der Waals surface area contributed by atoms with Crippen molar-refractivity contribution in [3.8, 4) is 0 Å². The number of carboxylic acid groups (broad SMARTS) is 1. The molecule has 1 saturated carbocycles. The number of carbonyl (C=O) groups excluding carboxylic acids is 1. The Morgan fingerprint density at radius 2 is 1.95 bits per heavy atom. The molecular formula is C14H17NO5. The Morgan fingerprint density at radius 3 is 2.40 bits per heavy atom. The maximum absolute atomic E-state index is 10.4. The zero-order valence-electron chi connectivity index (χ0n) is 11.0. The van der Waals surface area contributed by atoms with E-state index in [2.05, 4.69) is 0 Å². The zero-order chi connectivity index (χ0) is 15.0. The van der Waals surface area contributed by atoms with Crippen LogP contribution in [0.2, 0.25) is 0 Å². The molecule has 0 aliphatic heterocycles. The molecule has 1 aliphatic rings. The second kappa shape index (κ2) is 8.04. The first-order chi connectivity index (χ1) is 9.54. The van der Waals surface area contributed by atoms with E-state index in [4.69, 9.17) is 5.11 Å². The quantitative estimate of drug-likeness (QED) is 0.521. The fraction of sp³-hybridized carbons (Fsp3) is 0.429. The van der Waals surface area contributed by atoms with Gasteiger partial charge < -0.3 is 5.11 Å². The van der Waals surface area contributed by atoms with Crippen LogP contribution in [0.15, 0.2) is 24.3 Å². The van der Waals surface area contributed by atoms with Crippen molar-refractivity contribution in [3.63, 3.8) is 0 Å². The third-order valence-corrected chi connectivity index (χ3v) is 3.17. The molecule has 20 heavy (non-hydrogen) atoms. The molecule has 0 saturated heterocycles. The first-order valence-electron chi connectivity index (χ1n) is 6.47. The van der Waals surface area contributed by atoms with Gasteiger partial charge in [0.1, 0.15) is 6.29 Å². The SMILES string of the molecule is O=C(O)C1CCCCC1.O=Cc1cccc([N+](=O)[O-])c1. The summed E-state index contributed by atoms with van der Waals surface area (Å²) in [4.78, 5) is 30.1. The van der Waals surface area contributed by atoms with Crippen LogP contribution in [-0.4, -0.2) is 22.3 Å². The van der Waals surface area contributed by atoms with Gasteiger partial charge in [-0.3, -0.25) is 19.7 Å². The third-order valence-electron chi connectivity index (χ3n) is 3.17. The number of benzene rings is 1. The van der Waals surface area contributed by atoms with Crippen molar-refractivity contribution < 1.29 is 19.6 Å². The van der Waals surface area contributed by atoms with Crippen molar-refractivity contribution in [2.24, 2.45) is 5.92 Å². The molecule has 1 N–H and O–H groups in total. The highest BCUT2D eigenvalue weighted by Gasteiger charge is 2.19. The first-order valence-corrected chi connectivity index (χ1v) is 6.47. The summed E-state index contributed by atoms with van der Waals surface area (Å²) in [7, 11) is 0. The van der Waals surface area contributed by atoms with Gasteiger partial charge >= 0.3 is 5.97 Å². The number of nitro groups is 1. The van der Waals surface area contributed by atoms with Crippen LogP contribution in [-0.2, 0) is 4.79 Å². The number of aldehydes is 1. The highest BCUT2D eigenvalue weighted by molar-refractivity contribution is 5.75. The van der Waals surface area contributed by atoms with Gasteiger partial charge in [-0.25, -0.2) is 0 Å². The van der Waals surface area contributed by atoms with Crippen molar-refractivity contribution in [1.82, 2.24) is 0 Å². The van der Waals surface area contributed by atoms with Gasteiger partial charge in [0.15, 0.2) is 0 Å². The van der Waals surface area contributed by atoms with E-state index < -0.39 is 10.9 Å². The van der Waals surface area contributed by atoms with Gasteiger partial charge in [-0.2, -0.15) is 0 Å². The van der Waals surface area contributed by atoms with E-state index in [0.717, 1.165) is 25.7 Å². The molecule has 6 nitrogen and oxygen atoms in total. The lowest BCUT2D eigenvalue weighted by Crippen LogP contribution is -2.16. The van der Waals surface area contributed by atoms with Gasteiger partial charge in [-0.15, -0.1) is 0 Å². The molecule has 0 radical (unpaired) electrons. The van der Waals surface area contributed by atoms with Crippen molar-refractivity contribution >= 4 is 17.9 Å². The molecule has 1 aromatic rings. The topological polar surface area (TPSA) is 97.5 Å². The summed E-state index contributed by atoms with van der Waals surface area (Å²) < 4.78 is 0. The molecule has 1 aliphatic carbocycles. The van der Waals surface area contributed by atoms with Gasteiger partial charge in [0, 0.05) is 17.7 Å². The maximum atomic E-state index is 10.4. The summed E-state index contributed by atoms with van der Waals surface area (Å²) in [5.74, 6) is -0.631. The lowest BCUT2D eigenvalue weighted by Gasteiger charge is -2.16. The molecule has 1 aromatic carbocycles. The molecule has 0 aromatic heterocycles. The van der Waals surface area contributed by atoms with E-state index in [1.807, 2.05) is 0 Å². The summed E-state index contributed by atoms with van der Waals surface area (Å²) in [6, 6.07) is 5.56. The van der Waals surface area contributed by atoms with E-state index in [1.54, 1.807) is 0 Å². The molecule has 0 spiro atoms. The standard InChI is InChI=1S/C7H5NO3.C7H12O2/c9-5-6-2-1-3-7(4-6)8(10)11;8-7(9)6-4-2-1-3-5-6/h1-5H;6H,1-5H2,(H,8,9). The van der Waals surface area contributed by atoms with Gasteiger partial charge in [0.05, 0.1) is 10.8 Å². The molecule has 6 heteroatoms. The fourth-order valence-electron chi connectivity index (χ4n) is 2.06. The first kappa shape index (κ1) is 15.8. The van der Waals surface area contributed by atoms with Crippen LogP contribution in [0.3, 0.4) is 0 Å². The highest BCUT2D eigenvalue weighted by Crippen LogP contribution is 2.23. The number of nitro benzene ring substituents is 1. The highest BCUT2D eigenvalue weighted by atomic mass is 16.6. The van der Waals surface area contributed by atoms with Crippen LogP contribution in [0.1, 0.15) is 42.5 Å². The molecular weight excluding hydrogens is 262 g/mol. The van der Waals surface area contributed by atoms with Crippen molar-refractivity contribution in [1.29, 1.82) is 0 Å². The minimum Gasteiger partial charge on any atom is -0.481 e. The number of carboxylic acids is 1. The second-order valence-electron chi connectivity index (χ2n) is 4.64. The average Bonchev–Trinajstić information content (AvgIpc) is 2.49. The van der Waals surface area contributed by atoms with Crippen LogP contribution in [0.25, 0.3) is 0 Å². The molecule has 0 amide bonds. The summed E-state index contributed by atoms with van der Waals surface area (Å²) in [5, 5.41) is 18.7. The lowest BCUT2D eigenvalue weighted by molar-refractivity contribution is -0.384. The largest absolute Gasteiger partial charge is 0.481 e. The van der Waals surface area contributed by atoms with Crippen LogP contribution in [0.4, 0.5) is 5.69 Å². The molecule has 0 bridgehead atoms. The fourth-order valence-corrected chi connectivity index (χ4v) is 2.06. The number of hydrogen-bond acceptors (Lipinski definition) is 4. The predicted octanol–water partition coefficient (Wildman–Crippen LogP) is 3.06. The molecule has 0 unspecified atom stereocenters. The number of aliphatic carboxylic acids is 1. The van der Waals surface area contributed by atoms with Crippen LogP contribution < -0.4 is 0 Å². The molecule has 0 heterocycles. The van der Waals surface area contributed by atoms with Gasteiger partial charge in [-0.1, -0.05) is 31.4 Å². The number of hydrogen-bond donors (Lipinski definition) is 1. The Balaban J connectivity index is 0.000000204. The molecule has 0 atom stereocenters. The van der Waals surface area contributed by atoms with E-state index >= 15 is 0 Å². The van der Waals surface area contributed by atoms with Crippen LogP contribution in [0, 0.1) is 16.0 Å². The number of non-ortho nitro benzene ring substituents is 1. The van der Waals surface area contributed by atoms with E-state index in [1.165, 1.54) is 30.7 Å². The summed E-state index contributed by atoms with van der Waals surface area (Å²) in [6.07, 6.45) is 5.81. The Hall–Kier alpha value is -2.24. The van der Waals surface area contributed by atoms with Gasteiger partial charge in [-0.05, 0) is 12.8 Å². The summed E-state index contributed by atoms with van der Waals surface area (Å²) in [5.41, 5.74) is 0.258. The minimum atomic E-state index is -0.602. The molecule has 2 rings (SSSR count). The third kappa shape index (κ3) is 5.17. The Bertz CT molecular complexity index is 480. The van der Waals surface area contributed by atoms with Gasteiger partial charge in [0.2, 0.25) is 0 Å². The maximum Gasteiger partial charge on any atom is 0.306 e. The Morgan fingerprint density at radius 1 is 1.30 bits per heavy atom. The predicted molar refractivity (Wildman–Crippen MR) is 72.7 cm³/mol. The second-order valence-corrected chi connectivity index (χ2v) is 4.64. The van der Waals surface area contributed by atoms with Crippen LogP contribution in [0.5, 0.6) is 0 Å². The zero-order valence-corrected chi connectivity index (χ0v) is 11.0. The van der Waals surface area contributed by atoms with Crippen molar-refractivity contribution in [2.75, 3.05) is 0 Å². The Kier molecular flexibility index (Phi) is 6.36. The summed E-state index contributed by atoms with van der Waals surface area (Å²) >= 11 is 0. The normalized spacial score (nSPS) is 14.8. The Labute approximate surface area is 116 Å². The molecule has 1 fully saturated rings. The van der Waals surface area contributed by atoms with E-state index in [9.17, 15) is 19.7 Å². The number of nitrogens with zero attached hydrogens (tertiary/aromatic N) is 1. The average molecular weight is 279 g/mol. The van der Waals surface area contributed by atoms with Gasteiger partial charge in [0.25, 0.3) is 5.69 Å². The van der Waals surface area contributed by atoms with Crippen LogP contribution >= 0.6 is 0 Å². The smallest absolute Gasteiger partial charge is 0.306 e.